The summed E-state index contributed by atoms with van der Waals surface area (Å²) in [4.78, 5) is 10.9. The molecule has 0 aliphatic heterocycles. The summed E-state index contributed by atoms with van der Waals surface area (Å²) < 4.78 is 0. The van der Waals surface area contributed by atoms with Crippen molar-refractivity contribution in [3.05, 3.63) is 29.8 Å². The smallest absolute Gasteiger partial charge is 0.211 e. The van der Waals surface area contributed by atoms with Gasteiger partial charge in [0.25, 0.3) is 0 Å². The average molecular weight is 210 g/mol. The predicted molar refractivity (Wildman–Crippen MR) is 57.3 cm³/mol. The fourth-order valence-corrected chi connectivity index (χ4v) is 1.08. The Morgan fingerprint density at radius 2 is 2.07 bits per heavy atom. The Balaban J connectivity index is 2.83. The minimum Gasteiger partial charge on any atom is -0.504 e. The first kappa shape index (κ1) is 10.7. The van der Waals surface area contributed by atoms with E-state index in [9.17, 15) is 4.79 Å². The lowest BCUT2D eigenvalue weighted by atomic mass is 10.2. The number of hydrogen-bond acceptors (Lipinski definition) is 4. The van der Waals surface area contributed by atoms with Crippen LogP contribution in [0.2, 0.25) is 0 Å². The summed E-state index contributed by atoms with van der Waals surface area (Å²) in [5.74, 6) is -0.359. The largest absolute Gasteiger partial charge is 0.504 e. The number of carbonyl (C=O) groups excluding carboxylic acids is 1. The molecule has 1 rings (SSSR count). The van der Waals surface area contributed by atoms with Gasteiger partial charge in [-0.15, -0.1) is 0 Å². The van der Waals surface area contributed by atoms with E-state index in [-0.39, 0.29) is 16.6 Å². The van der Waals surface area contributed by atoms with Gasteiger partial charge in [-0.1, -0.05) is 23.9 Å². The van der Waals surface area contributed by atoms with E-state index >= 15 is 0 Å². The molecule has 0 atom stereocenters. The molecule has 3 nitrogen and oxygen atoms in total. The third-order valence-corrected chi connectivity index (χ3v) is 2.15. The molecule has 1 aromatic rings. The van der Waals surface area contributed by atoms with Gasteiger partial charge in [-0.2, -0.15) is 0 Å². The van der Waals surface area contributed by atoms with Crippen molar-refractivity contribution in [1.29, 1.82) is 0 Å². The number of carbonyl (C=O) groups is 1. The number of rotatable bonds is 2. The molecule has 0 spiro atoms. The van der Waals surface area contributed by atoms with Gasteiger partial charge in [-0.3, -0.25) is 4.79 Å². The van der Waals surface area contributed by atoms with E-state index in [0.717, 1.165) is 11.8 Å². The molecule has 0 amide bonds. The van der Waals surface area contributed by atoms with Crippen LogP contribution in [0.3, 0.4) is 0 Å². The Labute approximate surface area is 86.1 Å². The monoisotopic (exact) mass is 210 g/mol. The quantitative estimate of drug-likeness (QED) is 0.579. The molecule has 0 bridgehead atoms. The van der Waals surface area contributed by atoms with Crippen LogP contribution in [0.15, 0.2) is 24.3 Å². The second-order valence-electron chi connectivity index (χ2n) is 2.60. The maximum Gasteiger partial charge on any atom is 0.211 e. The van der Waals surface area contributed by atoms with E-state index in [1.807, 2.05) is 0 Å². The maximum absolute atomic E-state index is 10.9. The van der Waals surface area contributed by atoms with Crippen molar-refractivity contribution in [2.75, 3.05) is 6.26 Å². The number of benzene rings is 1. The summed E-state index contributed by atoms with van der Waals surface area (Å²) >= 11 is 1.11. The van der Waals surface area contributed by atoms with E-state index < -0.39 is 0 Å². The highest BCUT2D eigenvalue weighted by Crippen LogP contribution is 2.25. The summed E-state index contributed by atoms with van der Waals surface area (Å²) in [5, 5.41) is 18.1. The van der Waals surface area contributed by atoms with Crippen molar-refractivity contribution < 1.29 is 15.0 Å². The zero-order valence-corrected chi connectivity index (χ0v) is 8.41. The molecule has 14 heavy (non-hydrogen) atoms. The lowest BCUT2D eigenvalue weighted by Crippen LogP contribution is -1.81. The molecule has 74 valence electrons. The summed E-state index contributed by atoms with van der Waals surface area (Å²) in [5.41, 5.74) is 0.669. The topological polar surface area (TPSA) is 57.5 Å². The zero-order valence-electron chi connectivity index (χ0n) is 7.60. The first-order valence-electron chi connectivity index (χ1n) is 3.91. The van der Waals surface area contributed by atoms with Crippen molar-refractivity contribution in [3.63, 3.8) is 0 Å². The Morgan fingerprint density at radius 3 is 2.64 bits per heavy atom. The van der Waals surface area contributed by atoms with E-state index in [4.69, 9.17) is 10.2 Å². The highest BCUT2D eigenvalue weighted by molar-refractivity contribution is 8.13. The SMILES string of the molecule is CSC(=O)C=Cc1ccc(O)c(O)c1. The number of phenolic OH excluding ortho intramolecular Hbond substituents is 2. The van der Waals surface area contributed by atoms with Crippen LogP contribution in [0.1, 0.15) is 5.56 Å². The van der Waals surface area contributed by atoms with Gasteiger partial charge in [0.2, 0.25) is 5.12 Å². The Hall–Kier alpha value is -1.42. The Morgan fingerprint density at radius 1 is 1.36 bits per heavy atom. The van der Waals surface area contributed by atoms with Gasteiger partial charge in [0.15, 0.2) is 11.5 Å². The van der Waals surface area contributed by atoms with Crippen LogP contribution >= 0.6 is 11.8 Å². The van der Waals surface area contributed by atoms with Crippen LogP contribution in [-0.4, -0.2) is 21.6 Å². The molecule has 0 heterocycles. The molecule has 0 fully saturated rings. The van der Waals surface area contributed by atoms with Crippen molar-refractivity contribution in [1.82, 2.24) is 0 Å². The van der Waals surface area contributed by atoms with Gasteiger partial charge in [0, 0.05) is 0 Å². The van der Waals surface area contributed by atoms with Gasteiger partial charge in [0.1, 0.15) is 0 Å². The van der Waals surface area contributed by atoms with Gasteiger partial charge in [-0.05, 0) is 30.0 Å². The van der Waals surface area contributed by atoms with Crippen molar-refractivity contribution in [2.45, 2.75) is 0 Å². The molecule has 0 aromatic heterocycles. The van der Waals surface area contributed by atoms with Gasteiger partial charge in [0.05, 0.1) is 0 Å². The fraction of sp³-hybridized carbons (Fsp3) is 0.100. The third-order valence-electron chi connectivity index (χ3n) is 1.61. The molecular weight excluding hydrogens is 200 g/mol. The number of thioether (sulfide) groups is 1. The second kappa shape index (κ2) is 4.72. The summed E-state index contributed by atoms with van der Waals surface area (Å²) in [7, 11) is 0. The van der Waals surface area contributed by atoms with Gasteiger partial charge < -0.3 is 10.2 Å². The van der Waals surface area contributed by atoms with E-state index in [1.54, 1.807) is 18.4 Å². The first-order chi connectivity index (χ1) is 6.63. The Kier molecular flexibility index (Phi) is 3.59. The molecule has 0 unspecified atom stereocenters. The van der Waals surface area contributed by atoms with Gasteiger partial charge >= 0.3 is 0 Å². The molecular formula is C10H10O3S. The lowest BCUT2D eigenvalue weighted by Gasteiger charge is -1.97. The van der Waals surface area contributed by atoms with E-state index in [0.29, 0.717) is 5.56 Å². The van der Waals surface area contributed by atoms with Crippen molar-refractivity contribution in [2.24, 2.45) is 0 Å². The molecule has 0 aliphatic carbocycles. The average Bonchev–Trinajstić information content (AvgIpc) is 2.19. The van der Waals surface area contributed by atoms with Gasteiger partial charge in [-0.25, -0.2) is 0 Å². The number of aromatic hydroxyl groups is 2. The van der Waals surface area contributed by atoms with E-state index in [1.165, 1.54) is 18.2 Å². The third kappa shape index (κ3) is 2.81. The molecule has 4 heteroatoms. The highest BCUT2D eigenvalue weighted by atomic mass is 32.2. The molecule has 2 N–H and O–H groups in total. The molecule has 0 saturated carbocycles. The van der Waals surface area contributed by atoms with Crippen LogP contribution in [0, 0.1) is 0 Å². The normalized spacial score (nSPS) is 10.6. The predicted octanol–water partition coefficient (Wildman–Crippen LogP) is 2.00. The highest BCUT2D eigenvalue weighted by Gasteiger charge is 1.98. The minimum absolute atomic E-state index is 0.0578. The zero-order chi connectivity index (χ0) is 10.6. The Bertz CT molecular complexity index is 372. The fourth-order valence-electron chi connectivity index (χ4n) is 0.876. The van der Waals surface area contributed by atoms with Crippen molar-refractivity contribution >= 4 is 23.0 Å². The molecule has 1 aromatic carbocycles. The van der Waals surface area contributed by atoms with Crippen LogP contribution in [-0.2, 0) is 4.79 Å². The van der Waals surface area contributed by atoms with Crippen LogP contribution in [0.5, 0.6) is 11.5 Å². The first-order valence-corrected chi connectivity index (χ1v) is 5.14. The summed E-state index contributed by atoms with van der Waals surface area (Å²) in [6.07, 6.45) is 4.69. The van der Waals surface area contributed by atoms with Crippen LogP contribution in [0.4, 0.5) is 0 Å². The molecule has 0 saturated heterocycles. The lowest BCUT2D eigenvalue weighted by molar-refractivity contribution is -0.106. The van der Waals surface area contributed by atoms with Crippen LogP contribution < -0.4 is 0 Å². The summed E-state index contributed by atoms with van der Waals surface area (Å²) in [6.45, 7) is 0. The number of hydrogen-bond donors (Lipinski definition) is 2. The maximum atomic E-state index is 10.9. The second-order valence-corrected chi connectivity index (χ2v) is 3.42. The van der Waals surface area contributed by atoms with E-state index in [2.05, 4.69) is 0 Å². The van der Waals surface area contributed by atoms with Crippen LogP contribution in [0.25, 0.3) is 6.08 Å². The van der Waals surface area contributed by atoms with Crippen molar-refractivity contribution in [3.8, 4) is 11.5 Å². The number of phenols is 2. The molecule has 0 aliphatic rings. The standard InChI is InChI=1S/C10H10O3S/c1-14-10(13)5-3-7-2-4-8(11)9(12)6-7/h2-6,11-12H,1H3. The molecule has 0 radical (unpaired) electrons. The summed E-state index contributed by atoms with van der Waals surface area (Å²) in [6, 6.07) is 4.37. The minimum atomic E-state index is -0.191.